The van der Waals surface area contributed by atoms with Gasteiger partial charge in [0.25, 0.3) is 0 Å². The summed E-state index contributed by atoms with van der Waals surface area (Å²) in [6.45, 7) is 7.05. The van der Waals surface area contributed by atoms with Crippen LogP contribution in [0.1, 0.15) is 41.7 Å². The van der Waals surface area contributed by atoms with Crippen LogP contribution in [0.4, 0.5) is 0 Å². The number of rotatable bonds is 3. The fourth-order valence-electron chi connectivity index (χ4n) is 3.29. The summed E-state index contributed by atoms with van der Waals surface area (Å²) in [7, 11) is 0. The van der Waals surface area contributed by atoms with Gasteiger partial charge in [0.1, 0.15) is 0 Å². The molecule has 1 aliphatic heterocycles. The predicted molar refractivity (Wildman–Crippen MR) is 86.1 cm³/mol. The van der Waals surface area contributed by atoms with Crippen LogP contribution in [0, 0.1) is 13.8 Å². The van der Waals surface area contributed by atoms with Gasteiger partial charge in [-0.1, -0.05) is 0 Å². The molecule has 3 aromatic rings. The van der Waals surface area contributed by atoms with Gasteiger partial charge < -0.3 is 0 Å². The number of fused-ring (bicyclic) bond motifs is 1. The van der Waals surface area contributed by atoms with Crippen LogP contribution in [0.25, 0.3) is 5.65 Å². The Labute approximate surface area is 134 Å². The van der Waals surface area contributed by atoms with Crippen molar-refractivity contribution in [1.29, 1.82) is 0 Å². The summed E-state index contributed by atoms with van der Waals surface area (Å²) in [6, 6.07) is 6.07. The normalized spacial score (nSPS) is 17.1. The van der Waals surface area contributed by atoms with Gasteiger partial charge in [0.15, 0.2) is 11.5 Å². The van der Waals surface area contributed by atoms with Gasteiger partial charge in [-0.2, -0.15) is 14.7 Å². The Bertz CT molecular complexity index is 811. The van der Waals surface area contributed by atoms with Crippen LogP contribution >= 0.6 is 0 Å². The molecule has 1 N–H and O–H groups in total. The van der Waals surface area contributed by atoms with Crippen LogP contribution in [0.5, 0.6) is 0 Å². The van der Waals surface area contributed by atoms with Gasteiger partial charge in [0.05, 0.1) is 11.4 Å². The van der Waals surface area contributed by atoms with Crippen molar-refractivity contribution in [3.63, 3.8) is 0 Å². The van der Waals surface area contributed by atoms with Crippen molar-refractivity contribution in [3.05, 3.63) is 41.1 Å². The second kappa shape index (κ2) is 5.73. The molecule has 7 heteroatoms. The van der Waals surface area contributed by atoms with E-state index in [9.17, 15) is 0 Å². The van der Waals surface area contributed by atoms with Crippen LogP contribution < -0.4 is 0 Å². The monoisotopic (exact) mass is 311 g/mol. The number of aromatic amines is 1. The lowest BCUT2D eigenvalue weighted by Gasteiger charge is -2.30. The maximum Gasteiger partial charge on any atom is 0.177 e. The number of likely N-dealkylation sites (tertiary alicyclic amines) is 1. The third-order valence-electron chi connectivity index (χ3n) is 4.52. The molecular weight excluding hydrogens is 290 g/mol. The van der Waals surface area contributed by atoms with E-state index in [-0.39, 0.29) is 0 Å². The Kier molecular flexibility index (Phi) is 3.57. The van der Waals surface area contributed by atoms with E-state index in [1.807, 2.05) is 30.5 Å². The standard InChI is InChI=1S/C16H21N7/c1-11-3-4-15-19-20-16(23(15)21-11)13-5-7-22(8-6-13)10-14-9-12(2)17-18-14/h3-4,9,13H,5-8,10H2,1-2H3,(H,17,18). The summed E-state index contributed by atoms with van der Waals surface area (Å²) in [5.74, 6) is 1.43. The Morgan fingerprint density at radius 1 is 1.17 bits per heavy atom. The van der Waals surface area contributed by atoms with Crippen molar-refractivity contribution in [3.8, 4) is 0 Å². The van der Waals surface area contributed by atoms with Gasteiger partial charge in [0.2, 0.25) is 0 Å². The molecule has 4 heterocycles. The first-order valence-corrected chi connectivity index (χ1v) is 8.11. The van der Waals surface area contributed by atoms with Crippen LogP contribution in [0.2, 0.25) is 0 Å². The first-order valence-electron chi connectivity index (χ1n) is 8.11. The molecule has 7 nitrogen and oxygen atoms in total. The molecule has 4 rings (SSSR count). The van der Waals surface area contributed by atoms with Crippen LogP contribution in [0.3, 0.4) is 0 Å². The topological polar surface area (TPSA) is 75.0 Å². The van der Waals surface area contributed by atoms with Gasteiger partial charge in [0, 0.05) is 18.2 Å². The Morgan fingerprint density at radius 2 is 2.00 bits per heavy atom. The van der Waals surface area contributed by atoms with Crippen molar-refractivity contribution < 1.29 is 0 Å². The molecule has 1 aliphatic rings. The second-order valence-electron chi connectivity index (χ2n) is 6.40. The lowest BCUT2D eigenvalue weighted by molar-refractivity contribution is 0.199. The Hall–Kier alpha value is -2.28. The highest BCUT2D eigenvalue weighted by molar-refractivity contribution is 5.36. The minimum atomic E-state index is 0.427. The van der Waals surface area contributed by atoms with Crippen LogP contribution in [-0.2, 0) is 6.54 Å². The van der Waals surface area contributed by atoms with E-state index in [1.165, 1.54) is 0 Å². The number of nitrogens with one attached hydrogen (secondary N) is 1. The second-order valence-corrected chi connectivity index (χ2v) is 6.40. The molecule has 0 spiro atoms. The summed E-state index contributed by atoms with van der Waals surface area (Å²) in [6.07, 6.45) is 2.17. The molecular formula is C16H21N7. The molecule has 0 radical (unpaired) electrons. The minimum Gasteiger partial charge on any atom is -0.297 e. The van der Waals surface area contributed by atoms with Crippen molar-refractivity contribution in [2.75, 3.05) is 13.1 Å². The molecule has 0 aliphatic carbocycles. The van der Waals surface area contributed by atoms with E-state index in [1.54, 1.807) is 0 Å². The van der Waals surface area contributed by atoms with E-state index in [4.69, 9.17) is 0 Å². The number of hydrogen-bond acceptors (Lipinski definition) is 5. The molecule has 0 amide bonds. The first-order chi connectivity index (χ1) is 11.2. The van der Waals surface area contributed by atoms with E-state index in [0.29, 0.717) is 5.92 Å². The smallest absolute Gasteiger partial charge is 0.177 e. The van der Waals surface area contributed by atoms with E-state index in [2.05, 4.69) is 36.5 Å². The molecule has 1 saturated heterocycles. The van der Waals surface area contributed by atoms with Crippen LogP contribution in [-0.4, -0.2) is 48.0 Å². The number of aryl methyl sites for hydroxylation is 2. The number of nitrogens with zero attached hydrogens (tertiary/aromatic N) is 6. The van der Waals surface area contributed by atoms with Crippen molar-refractivity contribution in [2.45, 2.75) is 39.2 Å². The molecule has 3 aromatic heterocycles. The Balaban J connectivity index is 1.45. The van der Waals surface area contributed by atoms with Crippen molar-refractivity contribution in [1.82, 2.24) is 34.9 Å². The van der Waals surface area contributed by atoms with Gasteiger partial charge in [-0.25, -0.2) is 0 Å². The van der Waals surface area contributed by atoms with E-state index >= 15 is 0 Å². The maximum atomic E-state index is 4.56. The van der Waals surface area contributed by atoms with Crippen molar-refractivity contribution in [2.24, 2.45) is 0 Å². The molecule has 0 bridgehead atoms. The molecule has 0 atom stereocenters. The van der Waals surface area contributed by atoms with Crippen molar-refractivity contribution >= 4 is 5.65 Å². The number of hydrogen-bond donors (Lipinski definition) is 1. The lowest BCUT2D eigenvalue weighted by atomic mass is 9.96. The fourth-order valence-corrected chi connectivity index (χ4v) is 3.29. The molecule has 1 fully saturated rings. The highest BCUT2D eigenvalue weighted by Gasteiger charge is 2.25. The zero-order valence-electron chi connectivity index (χ0n) is 13.5. The first kappa shape index (κ1) is 14.3. The quantitative estimate of drug-likeness (QED) is 0.799. The zero-order valence-corrected chi connectivity index (χ0v) is 13.5. The molecule has 0 aromatic carbocycles. The summed E-state index contributed by atoms with van der Waals surface area (Å²) in [4.78, 5) is 2.45. The fraction of sp³-hybridized carbons (Fsp3) is 0.500. The third kappa shape index (κ3) is 2.84. The highest BCUT2D eigenvalue weighted by atomic mass is 15.4. The lowest BCUT2D eigenvalue weighted by Crippen LogP contribution is -2.33. The summed E-state index contributed by atoms with van der Waals surface area (Å²) < 4.78 is 1.91. The number of aromatic nitrogens is 6. The zero-order chi connectivity index (χ0) is 15.8. The third-order valence-corrected chi connectivity index (χ3v) is 4.52. The largest absolute Gasteiger partial charge is 0.297 e. The number of H-pyrrole nitrogens is 1. The van der Waals surface area contributed by atoms with Gasteiger partial charge in [-0.05, 0) is 58.0 Å². The van der Waals surface area contributed by atoms with E-state index < -0.39 is 0 Å². The molecule has 0 saturated carbocycles. The molecule has 0 unspecified atom stereocenters. The van der Waals surface area contributed by atoms with Gasteiger partial charge in [-0.15, -0.1) is 10.2 Å². The van der Waals surface area contributed by atoms with Crippen LogP contribution in [0.15, 0.2) is 18.2 Å². The minimum absolute atomic E-state index is 0.427. The van der Waals surface area contributed by atoms with Gasteiger partial charge >= 0.3 is 0 Å². The summed E-state index contributed by atoms with van der Waals surface area (Å²) in [5.41, 5.74) is 4.06. The van der Waals surface area contributed by atoms with Gasteiger partial charge in [-0.3, -0.25) is 10.00 Å². The highest BCUT2D eigenvalue weighted by Crippen LogP contribution is 2.27. The summed E-state index contributed by atoms with van der Waals surface area (Å²) in [5, 5.41) is 20.5. The molecule has 120 valence electrons. The maximum absolute atomic E-state index is 4.56. The predicted octanol–water partition coefficient (Wildman–Crippen LogP) is 1.84. The SMILES string of the molecule is Cc1ccc2nnc(C3CCN(Cc4cc(C)[nH]n4)CC3)n2n1. The number of piperidine rings is 1. The summed E-state index contributed by atoms with van der Waals surface area (Å²) >= 11 is 0. The average Bonchev–Trinajstić information content (AvgIpc) is 3.14. The molecule has 23 heavy (non-hydrogen) atoms. The average molecular weight is 311 g/mol. The Morgan fingerprint density at radius 3 is 2.74 bits per heavy atom. The van der Waals surface area contributed by atoms with E-state index in [0.717, 1.165) is 61.0 Å².